The van der Waals surface area contributed by atoms with E-state index in [0.717, 1.165) is 38.6 Å². The van der Waals surface area contributed by atoms with Crippen molar-refractivity contribution in [2.75, 3.05) is 19.6 Å². The molecule has 3 N–H and O–H groups in total. The van der Waals surface area contributed by atoms with Crippen molar-refractivity contribution in [3.05, 3.63) is 0 Å². The van der Waals surface area contributed by atoms with Crippen LogP contribution in [-0.2, 0) is 9.53 Å². The molecule has 0 aromatic heterocycles. The van der Waals surface area contributed by atoms with E-state index in [1.54, 1.807) is 4.90 Å². The molecule has 2 heterocycles. The Labute approximate surface area is 132 Å². The second-order valence-corrected chi connectivity index (χ2v) is 7.59. The van der Waals surface area contributed by atoms with Gasteiger partial charge in [-0.1, -0.05) is 0 Å². The van der Waals surface area contributed by atoms with Crippen molar-refractivity contribution in [2.45, 2.75) is 64.0 Å². The topological polar surface area (TPSA) is 84.7 Å². The maximum atomic E-state index is 12.1. The Morgan fingerprint density at radius 1 is 1.32 bits per heavy atom. The van der Waals surface area contributed by atoms with Gasteiger partial charge in [-0.2, -0.15) is 0 Å². The zero-order chi connectivity index (χ0) is 16.4. The Bertz CT molecular complexity index is 417. The van der Waals surface area contributed by atoms with E-state index in [9.17, 15) is 9.59 Å². The van der Waals surface area contributed by atoms with Crippen LogP contribution in [0.1, 0.15) is 52.9 Å². The standard InChI is InChI=1S/C16H29N3O3/c1-15(2,3)22-14(21)19-9-5-12(6-10-19)11-16(13(17)20)7-4-8-18-16/h12,18H,4-11H2,1-3H3,(H2,17,20)/t16-/m0/s1. The Morgan fingerprint density at radius 3 is 2.41 bits per heavy atom. The summed E-state index contributed by atoms with van der Waals surface area (Å²) in [5, 5.41) is 3.30. The highest BCUT2D eigenvalue weighted by Crippen LogP contribution is 2.32. The highest BCUT2D eigenvalue weighted by atomic mass is 16.6. The van der Waals surface area contributed by atoms with Gasteiger partial charge < -0.3 is 20.7 Å². The van der Waals surface area contributed by atoms with Crippen LogP contribution < -0.4 is 11.1 Å². The fourth-order valence-corrected chi connectivity index (χ4v) is 3.43. The molecule has 0 spiro atoms. The van der Waals surface area contributed by atoms with Gasteiger partial charge in [-0.15, -0.1) is 0 Å². The normalized spacial score (nSPS) is 27.0. The minimum atomic E-state index is -0.529. The second kappa shape index (κ2) is 6.44. The number of rotatable bonds is 3. The zero-order valence-corrected chi connectivity index (χ0v) is 14.0. The Balaban J connectivity index is 1.84. The smallest absolute Gasteiger partial charge is 0.410 e. The summed E-state index contributed by atoms with van der Waals surface area (Å²) in [5.74, 6) is 0.191. The molecule has 2 fully saturated rings. The quantitative estimate of drug-likeness (QED) is 0.829. The first-order valence-corrected chi connectivity index (χ1v) is 8.25. The molecule has 0 radical (unpaired) electrons. The van der Waals surface area contributed by atoms with E-state index >= 15 is 0 Å². The maximum Gasteiger partial charge on any atom is 0.410 e. The van der Waals surface area contributed by atoms with Crippen LogP contribution in [0.5, 0.6) is 0 Å². The average molecular weight is 311 g/mol. The van der Waals surface area contributed by atoms with Crippen LogP contribution in [-0.4, -0.2) is 47.7 Å². The van der Waals surface area contributed by atoms with E-state index in [-0.39, 0.29) is 12.0 Å². The van der Waals surface area contributed by atoms with Crippen LogP contribution in [0.15, 0.2) is 0 Å². The van der Waals surface area contributed by atoms with Crippen LogP contribution in [0.2, 0.25) is 0 Å². The molecular weight excluding hydrogens is 282 g/mol. The van der Waals surface area contributed by atoms with Crippen LogP contribution in [0, 0.1) is 5.92 Å². The summed E-state index contributed by atoms with van der Waals surface area (Å²) < 4.78 is 5.40. The van der Waals surface area contributed by atoms with E-state index < -0.39 is 11.1 Å². The van der Waals surface area contributed by atoms with Gasteiger partial charge in [0.25, 0.3) is 0 Å². The first-order valence-electron chi connectivity index (χ1n) is 8.25. The summed E-state index contributed by atoms with van der Waals surface area (Å²) in [6.07, 6.45) is 4.17. The second-order valence-electron chi connectivity index (χ2n) is 7.59. The number of hydrogen-bond acceptors (Lipinski definition) is 4. The predicted octanol–water partition coefficient (Wildman–Crippen LogP) is 1.63. The van der Waals surface area contributed by atoms with Crippen molar-refractivity contribution >= 4 is 12.0 Å². The van der Waals surface area contributed by atoms with E-state index in [2.05, 4.69) is 5.32 Å². The number of nitrogens with zero attached hydrogens (tertiary/aromatic N) is 1. The molecule has 0 aliphatic carbocycles. The van der Waals surface area contributed by atoms with Crippen molar-refractivity contribution < 1.29 is 14.3 Å². The summed E-state index contributed by atoms with van der Waals surface area (Å²) in [7, 11) is 0. The number of nitrogens with one attached hydrogen (secondary N) is 1. The van der Waals surface area contributed by atoms with E-state index in [1.165, 1.54) is 0 Å². The van der Waals surface area contributed by atoms with Gasteiger partial charge in [0.2, 0.25) is 5.91 Å². The molecule has 0 aromatic carbocycles. The van der Waals surface area contributed by atoms with Gasteiger partial charge >= 0.3 is 6.09 Å². The summed E-state index contributed by atoms with van der Waals surface area (Å²) in [4.78, 5) is 25.6. The molecule has 2 aliphatic heterocycles. The van der Waals surface area contributed by atoms with E-state index in [1.807, 2.05) is 20.8 Å². The number of carbonyl (C=O) groups excluding carboxylic acids is 2. The third-order valence-electron chi connectivity index (χ3n) is 4.62. The highest BCUT2D eigenvalue weighted by molar-refractivity contribution is 5.85. The molecule has 0 unspecified atom stereocenters. The number of piperidine rings is 1. The molecule has 0 saturated carbocycles. The molecule has 126 valence electrons. The van der Waals surface area contributed by atoms with Crippen molar-refractivity contribution in [2.24, 2.45) is 11.7 Å². The molecule has 2 saturated heterocycles. The van der Waals surface area contributed by atoms with Crippen molar-refractivity contribution in [3.63, 3.8) is 0 Å². The van der Waals surface area contributed by atoms with Crippen LogP contribution >= 0.6 is 0 Å². The summed E-state index contributed by atoms with van der Waals surface area (Å²) in [5.41, 5.74) is 4.62. The minimum Gasteiger partial charge on any atom is -0.444 e. The zero-order valence-electron chi connectivity index (χ0n) is 14.0. The molecule has 6 nitrogen and oxygen atoms in total. The van der Waals surface area contributed by atoms with E-state index in [0.29, 0.717) is 19.0 Å². The molecular formula is C16H29N3O3. The van der Waals surface area contributed by atoms with Crippen molar-refractivity contribution in [1.82, 2.24) is 10.2 Å². The molecule has 2 rings (SSSR count). The van der Waals surface area contributed by atoms with Gasteiger partial charge in [0, 0.05) is 13.1 Å². The number of primary amides is 1. The van der Waals surface area contributed by atoms with Gasteiger partial charge in [-0.25, -0.2) is 4.79 Å². The third kappa shape index (κ3) is 4.12. The Kier molecular flexibility index (Phi) is 5.00. The Hall–Kier alpha value is -1.30. The minimum absolute atomic E-state index is 0.237. The third-order valence-corrected chi connectivity index (χ3v) is 4.62. The molecule has 0 aromatic rings. The molecule has 6 heteroatoms. The lowest BCUT2D eigenvalue weighted by atomic mass is 9.81. The number of nitrogens with two attached hydrogens (primary N) is 1. The molecule has 22 heavy (non-hydrogen) atoms. The lowest BCUT2D eigenvalue weighted by Crippen LogP contribution is -2.53. The SMILES string of the molecule is CC(C)(C)OC(=O)N1CCC(C[C@]2(C(N)=O)CCCN2)CC1. The van der Waals surface area contributed by atoms with Gasteiger partial charge in [0.15, 0.2) is 0 Å². The summed E-state index contributed by atoms with van der Waals surface area (Å²) >= 11 is 0. The summed E-state index contributed by atoms with van der Waals surface area (Å²) in [6, 6.07) is 0. The molecule has 2 amide bonds. The predicted molar refractivity (Wildman–Crippen MR) is 84.3 cm³/mol. The number of hydrogen-bond donors (Lipinski definition) is 2. The Morgan fingerprint density at radius 2 is 1.95 bits per heavy atom. The van der Waals surface area contributed by atoms with Crippen LogP contribution in [0.25, 0.3) is 0 Å². The number of likely N-dealkylation sites (tertiary alicyclic amines) is 1. The lowest BCUT2D eigenvalue weighted by molar-refractivity contribution is -0.124. The highest BCUT2D eigenvalue weighted by Gasteiger charge is 2.41. The first kappa shape index (κ1) is 17.1. The van der Waals surface area contributed by atoms with Gasteiger partial charge in [-0.3, -0.25) is 4.79 Å². The number of carbonyl (C=O) groups is 2. The summed E-state index contributed by atoms with van der Waals surface area (Å²) in [6.45, 7) is 7.86. The molecule has 0 bridgehead atoms. The number of amides is 2. The first-order chi connectivity index (χ1) is 10.2. The average Bonchev–Trinajstić information content (AvgIpc) is 2.87. The fourth-order valence-electron chi connectivity index (χ4n) is 3.43. The maximum absolute atomic E-state index is 12.1. The van der Waals surface area contributed by atoms with Crippen molar-refractivity contribution in [1.29, 1.82) is 0 Å². The van der Waals surface area contributed by atoms with E-state index in [4.69, 9.17) is 10.5 Å². The monoisotopic (exact) mass is 311 g/mol. The van der Waals surface area contributed by atoms with Crippen molar-refractivity contribution in [3.8, 4) is 0 Å². The van der Waals surface area contributed by atoms with Gasteiger partial charge in [0.05, 0.1) is 5.54 Å². The largest absolute Gasteiger partial charge is 0.444 e. The number of ether oxygens (including phenoxy) is 1. The lowest BCUT2D eigenvalue weighted by Gasteiger charge is -2.37. The van der Waals surface area contributed by atoms with Gasteiger partial charge in [0.1, 0.15) is 5.60 Å². The van der Waals surface area contributed by atoms with Crippen LogP contribution in [0.3, 0.4) is 0 Å². The van der Waals surface area contributed by atoms with Crippen LogP contribution in [0.4, 0.5) is 4.79 Å². The molecule has 2 aliphatic rings. The fraction of sp³-hybridized carbons (Fsp3) is 0.875. The van der Waals surface area contributed by atoms with Gasteiger partial charge in [-0.05, 0) is 65.3 Å². The molecule has 1 atom stereocenters.